The normalized spacial score (nSPS) is 17.5. The van der Waals surface area contributed by atoms with Crippen LogP contribution < -0.4 is 15.9 Å². The van der Waals surface area contributed by atoms with Gasteiger partial charge in [-0.25, -0.2) is 9.97 Å². The van der Waals surface area contributed by atoms with Gasteiger partial charge in [-0.3, -0.25) is 0 Å². The smallest absolute Gasteiger partial charge is 0.171 e. The van der Waals surface area contributed by atoms with E-state index < -0.39 is 12.6 Å². The average Bonchev–Trinajstić information content (AvgIpc) is 3.65. The highest BCUT2D eigenvalue weighted by atomic mass is 31.2. The van der Waals surface area contributed by atoms with E-state index >= 15 is 4.57 Å². The predicted molar refractivity (Wildman–Crippen MR) is 237 cm³/mol. The molecule has 1 spiro atoms. The minimum atomic E-state index is -3.40. The monoisotopic (exact) mass is 759 g/mol. The molecule has 5 heteroatoms. The van der Waals surface area contributed by atoms with E-state index in [1.807, 2.05) is 72.8 Å². The third kappa shape index (κ3) is 4.44. The van der Waals surface area contributed by atoms with E-state index in [1.54, 1.807) is 0 Å². The highest BCUT2D eigenvalue weighted by molar-refractivity contribution is 7.85. The third-order valence-corrected chi connectivity index (χ3v) is 15.4. The fourth-order valence-corrected chi connectivity index (χ4v) is 13.0. The number of aromatic nitrogens is 3. The highest BCUT2D eigenvalue weighted by Gasteiger charge is 2.54. The first-order valence-electron chi connectivity index (χ1n) is 19.7. The maximum Gasteiger partial charge on any atom is 0.171 e. The Hall–Kier alpha value is -7.13. The molecule has 2 aliphatic heterocycles. The van der Waals surface area contributed by atoms with Crippen LogP contribution in [-0.2, 0) is 9.98 Å². The summed E-state index contributed by atoms with van der Waals surface area (Å²) < 4.78 is 19.0. The van der Waals surface area contributed by atoms with E-state index in [0.29, 0.717) is 5.82 Å². The number of hydrogen-bond donors (Lipinski definition) is 0. The van der Waals surface area contributed by atoms with Crippen molar-refractivity contribution in [2.24, 2.45) is 0 Å². The number of para-hydroxylation sites is 3. The Labute approximate surface area is 336 Å². The molecule has 0 bridgehead atoms. The van der Waals surface area contributed by atoms with Gasteiger partial charge >= 0.3 is 0 Å². The lowest BCUT2D eigenvalue weighted by Crippen LogP contribution is -2.48. The zero-order valence-electron chi connectivity index (χ0n) is 31.3. The van der Waals surface area contributed by atoms with E-state index in [9.17, 15) is 0 Å². The first-order valence-corrected chi connectivity index (χ1v) is 21.4. The van der Waals surface area contributed by atoms with E-state index in [1.165, 1.54) is 27.4 Å². The molecule has 2 atom stereocenters. The van der Waals surface area contributed by atoms with Gasteiger partial charge in [-0.15, -0.1) is 0 Å². The molecule has 0 saturated carbocycles. The second-order valence-corrected chi connectivity index (χ2v) is 17.9. The molecule has 2 aliphatic rings. The van der Waals surface area contributed by atoms with Crippen molar-refractivity contribution in [2.75, 3.05) is 0 Å². The SMILES string of the molecule is O=P1(c2ccccc2)c2ccccc2C2(c3ccccc3-n3c4ccccc4c4cccc2c43)c2cc(-c3cc(-c4ccccc4)nc(-c4ccccc4)n3)ccc21. The van der Waals surface area contributed by atoms with Gasteiger partial charge in [-0.1, -0.05) is 176 Å². The zero-order valence-corrected chi connectivity index (χ0v) is 32.2. The van der Waals surface area contributed by atoms with Gasteiger partial charge in [0.15, 0.2) is 13.0 Å². The molecular weight excluding hydrogens is 726 g/mol. The average molecular weight is 760 g/mol. The van der Waals surface area contributed by atoms with Crippen LogP contribution in [0.2, 0.25) is 0 Å². The molecule has 0 radical (unpaired) electrons. The van der Waals surface area contributed by atoms with Crippen LogP contribution >= 0.6 is 7.14 Å². The Kier molecular flexibility index (Phi) is 7.09. The van der Waals surface area contributed by atoms with Crippen LogP contribution in [0.5, 0.6) is 0 Å². The molecule has 10 aromatic rings. The van der Waals surface area contributed by atoms with Crippen LogP contribution in [0.3, 0.4) is 0 Å². The fraction of sp³-hybridized carbons (Fsp3) is 0.0189. The number of nitrogens with zero attached hydrogens (tertiary/aromatic N) is 3. The molecular formula is C53H34N3OP. The third-order valence-electron chi connectivity index (χ3n) is 12.3. The Morgan fingerprint density at radius 2 is 1.02 bits per heavy atom. The molecule has 4 heterocycles. The van der Waals surface area contributed by atoms with E-state index in [-0.39, 0.29) is 0 Å². The molecule has 2 aromatic heterocycles. The van der Waals surface area contributed by atoms with Crippen LogP contribution in [0, 0.1) is 0 Å². The van der Waals surface area contributed by atoms with Crippen molar-refractivity contribution in [3.05, 3.63) is 229 Å². The maximum atomic E-state index is 16.5. The molecule has 2 unspecified atom stereocenters. The second kappa shape index (κ2) is 12.4. The summed E-state index contributed by atoms with van der Waals surface area (Å²) >= 11 is 0. The molecule has 58 heavy (non-hydrogen) atoms. The van der Waals surface area contributed by atoms with Crippen LogP contribution in [0.15, 0.2) is 206 Å². The van der Waals surface area contributed by atoms with Crippen molar-refractivity contribution in [3.8, 4) is 39.6 Å². The molecule has 4 nitrogen and oxygen atoms in total. The van der Waals surface area contributed by atoms with Gasteiger partial charge in [0.1, 0.15) is 0 Å². The van der Waals surface area contributed by atoms with Crippen molar-refractivity contribution in [3.63, 3.8) is 0 Å². The number of rotatable bonds is 4. The van der Waals surface area contributed by atoms with E-state index in [2.05, 4.69) is 138 Å². The van der Waals surface area contributed by atoms with Crippen molar-refractivity contribution in [2.45, 2.75) is 5.41 Å². The number of hydrogen-bond acceptors (Lipinski definition) is 3. The van der Waals surface area contributed by atoms with Crippen LogP contribution in [0.25, 0.3) is 61.4 Å². The number of fused-ring (bicyclic) bond motifs is 11. The topological polar surface area (TPSA) is 47.8 Å². The molecule has 0 aliphatic carbocycles. The molecule has 12 rings (SSSR count). The summed E-state index contributed by atoms with van der Waals surface area (Å²) in [5.74, 6) is 0.655. The van der Waals surface area contributed by atoms with Gasteiger partial charge < -0.3 is 9.13 Å². The maximum absolute atomic E-state index is 16.5. The van der Waals surface area contributed by atoms with Gasteiger partial charge in [0.25, 0.3) is 0 Å². The van der Waals surface area contributed by atoms with Crippen molar-refractivity contribution in [1.29, 1.82) is 0 Å². The highest BCUT2D eigenvalue weighted by Crippen LogP contribution is 2.61. The summed E-state index contributed by atoms with van der Waals surface area (Å²) in [5, 5.41) is 4.95. The predicted octanol–water partition coefficient (Wildman–Crippen LogP) is 11.2. The lowest BCUT2D eigenvalue weighted by molar-refractivity contribution is 0.590. The van der Waals surface area contributed by atoms with Gasteiger partial charge in [0, 0.05) is 43.4 Å². The summed E-state index contributed by atoms with van der Waals surface area (Å²) in [4.78, 5) is 10.4. The summed E-state index contributed by atoms with van der Waals surface area (Å²) in [7, 11) is -3.40. The summed E-state index contributed by atoms with van der Waals surface area (Å²) in [5.41, 5.74) is 11.6. The summed E-state index contributed by atoms with van der Waals surface area (Å²) in [6.45, 7) is 0. The zero-order chi connectivity index (χ0) is 38.4. The molecule has 0 amide bonds. The Bertz CT molecular complexity index is 3260. The van der Waals surface area contributed by atoms with Crippen LogP contribution in [-0.4, -0.2) is 14.5 Å². The molecule has 0 fully saturated rings. The molecule has 0 saturated heterocycles. The standard InChI is InChI=1S/C53H34N3OP/c57-58(38-21-8-3-9-22-38)49-30-15-12-26-42(49)53(41-25-11-14-29-48(41)56-47-28-13-10-23-39(47)40-24-16-27-43(53)51(40)56)44-33-37(31-32-50(44)58)46-34-45(35-17-4-1-5-18-35)54-52(55-46)36-19-6-2-7-20-36/h1-34H. The quantitative estimate of drug-likeness (QED) is 0.168. The first kappa shape index (κ1) is 33.1. The summed E-state index contributed by atoms with van der Waals surface area (Å²) in [6.07, 6.45) is 0. The lowest BCUT2D eigenvalue weighted by Gasteiger charge is -2.47. The lowest BCUT2D eigenvalue weighted by atomic mass is 9.62. The Morgan fingerprint density at radius 3 is 1.81 bits per heavy atom. The Morgan fingerprint density at radius 1 is 0.431 bits per heavy atom. The van der Waals surface area contributed by atoms with Crippen molar-refractivity contribution >= 4 is 44.9 Å². The van der Waals surface area contributed by atoms with E-state index in [0.717, 1.165) is 66.4 Å². The van der Waals surface area contributed by atoms with Gasteiger partial charge in [0.05, 0.1) is 33.5 Å². The van der Waals surface area contributed by atoms with Crippen LogP contribution in [0.4, 0.5) is 0 Å². The summed E-state index contributed by atoms with van der Waals surface area (Å²) in [6, 6.07) is 71.9. The first-order chi connectivity index (χ1) is 28.7. The van der Waals surface area contributed by atoms with E-state index in [4.69, 9.17) is 9.97 Å². The minimum absolute atomic E-state index is 0.655. The minimum Gasteiger partial charge on any atom is -0.309 e. The van der Waals surface area contributed by atoms with Gasteiger partial charge in [-0.05, 0) is 52.6 Å². The van der Waals surface area contributed by atoms with Gasteiger partial charge in [-0.2, -0.15) is 0 Å². The number of benzene rings is 8. The van der Waals surface area contributed by atoms with Crippen molar-refractivity contribution in [1.82, 2.24) is 14.5 Å². The molecule has 8 aromatic carbocycles. The van der Waals surface area contributed by atoms with Crippen molar-refractivity contribution < 1.29 is 4.57 Å². The van der Waals surface area contributed by atoms with Gasteiger partial charge in [0.2, 0.25) is 0 Å². The fourth-order valence-electron chi connectivity index (χ4n) is 9.88. The van der Waals surface area contributed by atoms with Crippen LogP contribution in [0.1, 0.15) is 22.3 Å². The molecule has 272 valence electrons. The largest absolute Gasteiger partial charge is 0.309 e. The molecule has 0 N–H and O–H groups in total. The Balaban J connectivity index is 1.24. The second-order valence-electron chi connectivity index (χ2n) is 15.2.